The minimum Gasteiger partial charge on any atom is -0.481 e. The highest BCUT2D eigenvalue weighted by atomic mass is 16.4. The molecule has 0 aliphatic carbocycles. The van der Waals surface area contributed by atoms with E-state index in [4.69, 9.17) is 4.42 Å². The number of furan rings is 1. The van der Waals surface area contributed by atoms with E-state index >= 15 is 0 Å². The van der Waals surface area contributed by atoms with Gasteiger partial charge in [-0.1, -0.05) is 13.8 Å². The Labute approximate surface area is 134 Å². The van der Waals surface area contributed by atoms with E-state index in [1.54, 1.807) is 26.0 Å². The van der Waals surface area contributed by atoms with Gasteiger partial charge in [0.05, 0.1) is 5.41 Å². The molecule has 0 atom stereocenters. The number of carbonyl (C=O) groups is 2. The van der Waals surface area contributed by atoms with E-state index in [2.05, 4.69) is 15.5 Å². The van der Waals surface area contributed by atoms with Crippen LogP contribution in [0.3, 0.4) is 0 Å². The maximum absolute atomic E-state index is 12.2. The maximum Gasteiger partial charge on any atom is 0.311 e. The zero-order valence-corrected chi connectivity index (χ0v) is 13.5. The molecule has 0 aromatic carbocycles. The first-order valence-corrected chi connectivity index (χ1v) is 7.55. The van der Waals surface area contributed by atoms with Crippen molar-refractivity contribution in [3.63, 3.8) is 0 Å². The number of carbonyl (C=O) groups excluding carboxylic acids is 1. The number of amides is 1. The summed E-state index contributed by atoms with van der Waals surface area (Å²) in [7, 11) is 0. The van der Waals surface area contributed by atoms with Gasteiger partial charge in [-0.05, 0) is 31.9 Å². The highest BCUT2D eigenvalue weighted by Gasteiger charge is 2.35. The summed E-state index contributed by atoms with van der Waals surface area (Å²) in [5.74, 6) is 0.0358. The molecule has 3 N–H and O–H groups in total. The average molecular weight is 319 g/mol. The molecule has 0 fully saturated rings. The van der Waals surface area contributed by atoms with E-state index in [-0.39, 0.29) is 12.2 Å². The summed E-state index contributed by atoms with van der Waals surface area (Å²) in [5.41, 5.74) is -0.160. The van der Waals surface area contributed by atoms with E-state index in [0.29, 0.717) is 24.3 Å². The van der Waals surface area contributed by atoms with Gasteiger partial charge in [0.25, 0.3) is 5.91 Å². The van der Waals surface area contributed by atoms with Crippen molar-refractivity contribution in [2.24, 2.45) is 5.41 Å². The molecule has 0 saturated heterocycles. The zero-order chi connectivity index (χ0) is 17.0. The highest BCUT2D eigenvalue weighted by Crippen LogP contribution is 2.26. The van der Waals surface area contributed by atoms with Gasteiger partial charge in [-0.25, -0.2) is 0 Å². The molecule has 0 radical (unpaired) electrons. The van der Waals surface area contributed by atoms with E-state index in [9.17, 15) is 14.7 Å². The maximum atomic E-state index is 12.2. The summed E-state index contributed by atoms with van der Waals surface area (Å²) in [6.07, 6.45) is 0.882. The third-order valence-corrected chi connectivity index (χ3v) is 4.21. The first-order chi connectivity index (χ1) is 10.9. The van der Waals surface area contributed by atoms with Gasteiger partial charge < -0.3 is 14.8 Å². The quantitative estimate of drug-likeness (QED) is 0.727. The topological polar surface area (TPSA) is 108 Å². The van der Waals surface area contributed by atoms with E-state index < -0.39 is 17.3 Å². The molecule has 0 spiro atoms. The van der Waals surface area contributed by atoms with Crippen molar-refractivity contribution in [2.75, 3.05) is 6.54 Å². The third kappa shape index (κ3) is 3.44. The number of aliphatic carboxylic acids is 1. The summed E-state index contributed by atoms with van der Waals surface area (Å²) in [6, 6.07) is 5.18. The summed E-state index contributed by atoms with van der Waals surface area (Å²) in [5, 5.41) is 18.7. The van der Waals surface area contributed by atoms with Crippen LogP contribution in [0.2, 0.25) is 0 Å². The smallest absolute Gasteiger partial charge is 0.311 e. The lowest BCUT2D eigenvalue weighted by molar-refractivity contribution is -0.149. The molecule has 1 amide bonds. The number of nitrogens with one attached hydrogen (secondary N) is 2. The first kappa shape index (κ1) is 16.8. The summed E-state index contributed by atoms with van der Waals surface area (Å²) >= 11 is 0. The molecule has 7 nitrogen and oxygen atoms in total. The van der Waals surface area contributed by atoms with Crippen LogP contribution in [0.25, 0.3) is 11.5 Å². The Balaban J connectivity index is 2.07. The number of aromatic amines is 1. The molecular weight excluding hydrogens is 298 g/mol. The van der Waals surface area contributed by atoms with Gasteiger partial charge >= 0.3 is 5.97 Å². The number of rotatable bonds is 7. The number of H-pyrrole nitrogens is 1. The lowest BCUT2D eigenvalue weighted by Gasteiger charge is -2.26. The van der Waals surface area contributed by atoms with Crippen LogP contribution >= 0.6 is 0 Å². The summed E-state index contributed by atoms with van der Waals surface area (Å²) in [4.78, 5) is 23.6. The second-order valence-corrected chi connectivity index (χ2v) is 5.55. The number of aromatic nitrogens is 2. The molecule has 0 aliphatic rings. The number of aryl methyl sites for hydroxylation is 1. The van der Waals surface area contributed by atoms with Gasteiger partial charge in [0.15, 0.2) is 11.5 Å². The normalized spacial score (nSPS) is 11.4. The predicted octanol–water partition coefficient (Wildman–Crippen LogP) is 2.60. The van der Waals surface area contributed by atoms with Crippen molar-refractivity contribution >= 4 is 11.9 Å². The molecule has 0 saturated carbocycles. The second kappa shape index (κ2) is 6.68. The molecule has 7 heteroatoms. The Kier molecular flexibility index (Phi) is 4.88. The SMILES string of the molecule is CCC(CC)(CNC(=O)c1cc(-c2ccc(C)o2)[nH]n1)C(=O)O. The number of carboxylic acids is 1. The van der Waals surface area contributed by atoms with Gasteiger partial charge in [-0.2, -0.15) is 5.10 Å². The molecule has 2 aromatic rings. The molecule has 2 rings (SSSR count). The van der Waals surface area contributed by atoms with Crippen molar-refractivity contribution in [3.8, 4) is 11.5 Å². The van der Waals surface area contributed by atoms with Crippen molar-refractivity contribution in [1.82, 2.24) is 15.5 Å². The Morgan fingerprint density at radius 3 is 2.57 bits per heavy atom. The van der Waals surface area contributed by atoms with Gasteiger partial charge in [-0.3, -0.25) is 14.7 Å². The minimum atomic E-state index is -0.951. The number of carboxylic acid groups (broad SMARTS) is 1. The van der Waals surface area contributed by atoms with Crippen LogP contribution < -0.4 is 5.32 Å². The Morgan fingerprint density at radius 1 is 1.35 bits per heavy atom. The molecule has 23 heavy (non-hydrogen) atoms. The van der Waals surface area contributed by atoms with E-state index in [0.717, 1.165) is 5.76 Å². The van der Waals surface area contributed by atoms with E-state index in [1.165, 1.54) is 0 Å². The predicted molar refractivity (Wildman–Crippen MR) is 84.0 cm³/mol. The van der Waals surface area contributed by atoms with Gasteiger partial charge in [0.1, 0.15) is 11.5 Å². The highest BCUT2D eigenvalue weighted by molar-refractivity contribution is 5.93. The van der Waals surface area contributed by atoms with Gasteiger partial charge in [0.2, 0.25) is 0 Å². The number of hydrogen-bond donors (Lipinski definition) is 3. The molecule has 0 unspecified atom stereocenters. The molecule has 124 valence electrons. The number of nitrogens with zero attached hydrogens (tertiary/aromatic N) is 1. The Hall–Kier alpha value is -2.57. The summed E-state index contributed by atoms with van der Waals surface area (Å²) < 4.78 is 5.46. The largest absolute Gasteiger partial charge is 0.481 e. The van der Waals surface area contributed by atoms with E-state index in [1.807, 2.05) is 13.0 Å². The third-order valence-electron chi connectivity index (χ3n) is 4.21. The molecule has 2 aromatic heterocycles. The average Bonchev–Trinajstić information content (AvgIpc) is 3.17. The Bertz CT molecular complexity index is 698. The molecule has 0 aliphatic heterocycles. The van der Waals surface area contributed by atoms with Crippen LogP contribution in [-0.4, -0.2) is 33.7 Å². The van der Waals surface area contributed by atoms with Crippen molar-refractivity contribution in [1.29, 1.82) is 0 Å². The lowest BCUT2D eigenvalue weighted by Crippen LogP contribution is -2.42. The molecular formula is C16H21N3O4. The fraction of sp³-hybridized carbons (Fsp3) is 0.438. The molecule has 0 bridgehead atoms. The van der Waals surface area contributed by atoms with Crippen LogP contribution in [-0.2, 0) is 4.79 Å². The summed E-state index contributed by atoms with van der Waals surface area (Å²) in [6.45, 7) is 5.50. The fourth-order valence-corrected chi connectivity index (χ4v) is 2.36. The Morgan fingerprint density at radius 2 is 2.04 bits per heavy atom. The van der Waals surface area contributed by atoms with Crippen LogP contribution in [0, 0.1) is 12.3 Å². The lowest BCUT2D eigenvalue weighted by atomic mass is 9.82. The van der Waals surface area contributed by atoms with Crippen molar-refractivity contribution in [2.45, 2.75) is 33.6 Å². The second-order valence-electron chi connectivity index (χ2n) is 5.55. The van der Waals surface area contributed by atoms with Crippen LogP contribution in [0.15, 0.2) is 22.6 Å². The van der Waals surface area contributed by atoms with Crippen molar-refractivity contribution < 1.29 is 19.1 Å². The first-order valence-electron chi connectivity index (χ1n) is 7.55. The fourth-order valence-electron chi connectivity index (χ4n) is 2.36. The number of hydrogen-bond acceptors (Lipinski definition) is 4. The van der Waals surface area contributed by atoms with Crippen LogP contribution in [0.4, 0.5) is 0 Å². The monoisotopic (exact) mass is 319 g/mol. The van der Waals surface area contributed by atoms with Crippen LogP contribution in [0.1, 0.15) is 42.9 Å². The van der Waals surface area contributed by atoms with Gasteiger partial charge in [0, 0.05) is 12.6 Å². The van der Waals surface area contributed by atoms with Crippen molar-refractivity contribution in [3.05, 3.63) is 29.7 Å². The van der Waals surface area contributed by atoms with Crippen LogP contribution in [0.5, 0.6) is 0 Å². The van der Waals surface area contributed by atoms with Gasteiger partial charge in [-0.15, -0.1) is 0 Å². The molecule has 2 heterocycles. The standard InChI is InChI=1S/C16H21N3O4/c1-4-16(5-2,15(21)22)9-17-14(20)12-8-11(18-19-12)13-7-6-10(3)23-13/h6-8H,4-5,9H2,1-3H3,(H,17,20)(H,18,19)(H,21,22). The minimum absolute atomic E-state index is 0.0657. The zero-order valence-electron chi connectivity index (χ0n) is 13.5.